The molecular weight excluding hydrogens is 210 g/mol. The van der Waals surface area contributed by atoms with Crippen molar-refractivity contribution in [2.24, 2.45) is 7.05 Å². The van der Waals surface area contributed by atoms with Crippen LogP contribution in [0.15, 0.2) is 24.3 Å². The van der Waals surface area contributed by atoms with Crippen LogP contribution >= 0.6 is 0 Å². The van der Waals surface area contributed by atoms with Crippen LogP contribution in [0.25, 0.3) is 11.1 Å². The third-order valence-electron chi connectivity index (χ3n) is 3.14. The molecule has 0 radical (unpaired) electrons. The van der Waals surface area contributed by atoms with E-state index in [9.17, 15) is 0 Å². The van der Waals surface area contributed by atoms with E-state index in [1.165, 1.54) is 11.3 Å². The number of hydrogen-bond donors (Lipinski definition) is 1. The number of nitrogen functional groups attached to an aromatic ring is 1. The zero-order valence-electron chi connectivity index (χ0n) is 10.7. The molecule has 0 aliphatic rings. The minimum Gasteiger partial charge on any atom is -0.398 e. The Bertz CT molecular complexity index is 526. The number of rotatable bonds is 3. The molecule has 0 atom stereocenters. The zero-order chi connectivity index (χ0) is 12.4. The summed E-state index contributed by atoms with van der Waals surface area (Å²) in [6.07, 6.45) is 1.89. The number of anilines is 1. The Kier molecular flexibility index (Phi) is 3.18. The SMILES string of the molecule is CCc1nn(C)c(CC)c1-c1ccccc1N. The largest absolute Gasteiger partial charge is 0.398 e. The second kappa shape index (κ2) is 4.62. The van der Waals surface area contributed by atoms with Gasteiger partial charge in [0.25, 0.3) is 0 Å². The fourth-order valence-corrected chi connectivity index (χ4v) is 2.31. The Balaban J connectivity index is 2.69. The van der Waals surface area contributed by atoms with E-state index < -0.39 is 0 Å². The van der Waals surface area contributed by atoms with Gasteiger partial charge >= 0.3 is 0 Å². The number of aromatic nitrogens is 2. The van der Waals surface area contributed by atoms with Crippen LogP contribution in [0, 0.1) is 0 Å². The molecule has 0 aliphatic heterocycles. The number of nitrogens with two attached hydrogens (primary N) is 1. The van der Waals surface area contributed by atoms with E-state index in [4.69, 9.17) is 5.73 Å². The molecule has 90 valence electrons. The number of nitrogens with zero attached hydrogens (tertiary/aromatic N) is 2. The summed E-state index contributed by atoms with van der Waals surface area (Å²) in [4.78, 5) is 0. The van der Waals surface area contributed by atoms with Crippen molar-refractivity contribution in [3.63, 3.8) is 0 Å². The molecule has 0 amide bonds. The van der Waals surface area contributed by atoms with Crippen LogP contribution in [0.1, 0.15) is 25.2 Å². The summed E-state index contributed by atoms with van der Waals surface area (Å²) in [5.74, 6) is 0. The highest BCUT2D eigenvalue weighted by Crippen LogP contribution is 2.32. The Morgan fingerprint density at radius 3 is 2.47 bits per heavy atom. The number of benzene rings is 1. The Morgan fingerprint density at radius 2 is 1.88 bits per heavy atom. The van der Waals surface area contributed by atoms with Crippen molar-refractivity contribution in [3.8, 4) is 11.1 Å². The summed E-state index contributed by atoms with van der Waals surface area (Å²) in [6.45, 7) is 4.28. The molecule has 0 saturated heterocycles. The molecule has 1 aromatic carbocycles. The molecule has 1 heterocycles. The minimum atomic E-state index is 0.824. The summed E-state index contributed by atoms with van der Waals surface area (Å²) < 4.78 is 1.97. The molecule has 0 unspecified atom stereocenters. The molecule has 0 aliphatic carbocycles. The maximum absolute atomic E-state index is 6.07. The fraction of sp³-hybridized carbons (Fsp3) is 0.357. The molecule has 0 fully saturated rings. The van der Waals surface area contributed by atoms with E-state index in [0.29, 0.717) is 0 Å². The van der Waals surface area contributed by atoms with E-state index in [1.807, 2.05) is 29.9 Å². The van der Waals surface area contributed by atoms with Gasteiger partial charge in [0, 0.05) is 29.6 Å². The summed E-state index contributed by atoms with van der Waals surface area (Å²) in [6, 6.07) is 8.01. The molecule has 17 heavy (non-hydrogen) atoms. The summed E-state index contributed by atoms with van der Waals surface area (Å²) in [5, 5.41) is 4.58. The van der Waals surface area contributed by atoms with Gasteiger partial charge in [-0.3, -0.25) is 4.68 Å². The maximum atomic E-state index is 6.07. The predicted molar refractivity (Wildman–Crippen MR) is 71.8 cm³/mol. The number of aryl methyl sites for hydroxylation is 2. The van der Waals surface area contributed by atoms with Crippen LogP contribution in [0.5, 0.6) is 0 Å². The lowest BCUT2D eigenvalue weighted by atomic mass is 9.99. The first-order chi connectivity index (χ1) is 8.19. The van der Waals surface area contributed by atoms with Crippen LogP contribution < -0.4 is 5.73 Å². The van der Waals surface area contributed by atoms with Crippen molar-refractivity contribution < 1.29 is 0 Å². The van der Waals surface area contributed by atoms with Crippen LogP contribution in [0.3, 0.4) is 0 Å². The molecule has 0 bridgehead atoms. The molecule has 3 heteroatoms. The molecule has 2 aromatic rings. The molecule has 0 saturated carbocycles. The number of hydrogen-bond acceptors (Lipinski definition) is 2. The lowest BCUT2D eigenvalue weighted by Gasteiger charge is -2.08. The predicted octanol–water partition coefficient (Wildman–Crippen LogP) is 2.79. The minimum absolute atomic E-state index is 0.824. The van der Waals surface area contributed by atoms with Crippen molar-refractivity contribution in [1.29, 1.82) is 0 Å². The average molecular weight is 229 g/mol. The van der Waals surface area contributed by atoms with E-state index in [1.54, 1.807) is 0 Å². The average Bonchev–Trinajstić information content (AvgIpc) is 2.66. The van der Waals surface area contributed by atoms with Gasteiger partial charge in [0.1, 0.15) is 0 Å². The van der Waals surface area contributed by atoms with Crippen LogP contribution in [0.2, 0.25) is 0 Å². The highest BCUT2D eigenvalue weighted by atomic mass is 15.3. The third kappa shape index (κ3) is 1.93. The molecule has 3 nitrogen and oxygen atoms in total. The second-order valence-electron chi connectivity index (χ2n) is 4.19. The smallest absolute Gasteiger partial charge is 0.0703 e. The lowest BCUT2D eigenvalue weighted by molar-refractivity contribution is 0.705. The van der Waals surface area contributed by atoms with Gasteiger partial charge in [-0.05, 0) is 18.9 Å². The van der Waals surface area contributed by atoms with E-state index in [2.05, 4.69) is 25.0 Å². The third-order valence-corrected chi connectivity index (χ3v) is 3.14. The molecule has 2 N–H and O–H groups in total. The van der Waals surface area contributed by atoms with Crippen LogP contribution in [-0.2, 0) is 19.9 Å². The summed E-state index contributed by atoms with van der Waals surface area (Å²) in [5.41, 5.74) is 11.6. The Hall–Kier alpha value is -1.77. The maximum Gasteiger partial charge on any atom is 0.0703 e. The number of para-hydroxylation sites is 1. The van der Waals surface area contributed by atoms with Gasteiger partial charge < -0.3 is 5.73 Å². The zero-order valence-corrected chi connectivity index (χ0v) is 10.7. The van der Waals surface area contributed by atoms with Gasteiger partial charge in [-0.1, -0.05) is 32.0 Å². The van der Waals surface area contributed by atoms with Crippen LogP contribution in [-0.4, -0.2) is 9.78 Å². The molecule has 2 rings (SSSR count). The monoisotopic (exact) mass is 229 g/mol. The lowest BCUT2D eigenvalue weighted by Crippen LogP contribution is -1.98. The molecule has 1 aromatic heterocycles. The second-order valence-corrected chi connectivity index (χ2v) is 4.19. The van der Waals surface area contributed by atoms with Gasteiger partial charge in [-0.25, -0.2) is 0 Å². The fourth-order valence-electron chi connectivity index (χ4n) is 2.31. The first-order valence-electron chi connectivity index (χ1n) is 6.08. The van der Waals surface area contributed by atoms with E-state index in [0.717, 1.165) is 29.8 Å². The summed E-state index contributed by atoms with van der Waals surface area (Å²) in [7, 11) is 2.00. The van der Waals surface area contributed by atoms with Gasteiger partial charge in [0.05, 0.1) is 5.69 Å². The standard InChI is InChI=1S/C14H19N3/c1-4-12-14(13(5-2)17(3)16-12)10-8-6-7-9-11(10)15/h6-9H,4-5,15H2,1-3H3. The topological polar surface area (TPSA) is 43.8 Å². The van der Waals surface area contributed by atoms with Gasteiger partial charge in [0.2, 0.25) is 0 Å². The van der Waals surface area contributed by atoms with E-state index >= 15 is 0 Å². The van der Waals surface area contributed by atoms with Crippen molar-refractivity contribution in [2.45, 2.75) is 26.7 Å². The van der Waals surface area contributed by atoms with Gasteiger partial charge in [-0.2, -0.15) is 5.10 Å². The first-order valence-corrected chi connectivity index (χ1v) is 6.08. The van der Waals surface area contributed by atoms with Crippen LogP contribution in [0.4, 0.5) is 5.69 Å². The molecule has 0 spiro atoms. The quantitative estimate of drug-likeness (QED) is 0.822. The van der Waals surface area contributed by atoms with Crippen molar-refractivity contribution in [3.05, 3.63) is 35.7 Å². The summed E-state index contributed by atoms with van der Waals surface area (Å²) >= 11 is 0. The van der Waals surface area contributed by atoms with Crippen molar-refractivity contribution in [1.82, 2.24) is 9.78 Å². The van der Waals surface area contributed by atoms with Gasteiger partial charge in [0.15, 0.2) is 0 Å². The molecular formula is C14H19N3. The van der Waals surface area contributed by atoms with Gasteiger partial charge in [-0.15, -0.1) is 0 Å². The van der Waals surface area contributed by atoms with Crippen molar-refractivity contribution in [2.75, 3.05) is 5.73 Å². The Labute approximate surface area is 102 Å². The van der Waals surface area contributed by atoms with Crippen molar-refractivity contribution >= 4 is 5.69 Å². The van der Waals surface area contributed by atoms with E-state index in [-0.39, 0.29) is 0 Å². The normalized spacial score (nSPS) is 10.8. The first kappa shape index (κ1) is 11.7. The Morgan fingerprint density at radius 1 is 1.18 bits per heavy atom. The highest BCUT2D eigenvalue weighted by Gasteiger charge is 2.16. The highest BCUT2D eigenvalue weighted by molar-refractivity contribution is 5.79.